The van der Waals surface area contributed by atoms with Crippen LogP contribution in [0.1, 0.15) is 31.7 Å². The second-order valence-corrected chi connectivity index (χ2v) is 8.72. The van der Waals surface area contributed by atoms with E-state index in [1.54, 1.807) is 11.0 Å². The molecule has 1 aliphatic carbocycles. The number of nitrogens with zero attached hydrogens (tertiary/aromatic N) is 1. The largest absolute Gasteiger partial charge is 0.336 e. The summed E-state index contributed by atoms with van der Waals surface area (Å²) in [5.74, 6) is 0.0467. The van der Waals surface area contributed by atoms with Gasteiger partial charge in [-0.2, -0.15) is 0 Å². The van der Waals surface area contributed by atoms with Crippen LogP contribution in [0.4, 0.5) is 0 Å². The third-order valence-corrected chi connectivity index (χ3v) is 5.09. The predicted molar refractivity (Wildman–Crippen MR) is 88.8 cm³/mol. The first-order chi connectivity index (χ1) is 10.3. The Labute approximate surface area is 137 Å². The molecular formula is C16H22ClNO3S. The summed E-state index contributed by atoms with van der Waals surface area (Å²) < 4.78 is 23.0. The van der Waals surface area contributed by atoms with Crippen molar-refractivity contribution < 1.29 is 13.2 Å². The van der Waals surface area contributed by atoms with Crippen LogP contribution in [0.15, 0.2) is 24.3 Å². The molecular weight excluding hydrogens is 322 g/mol. The average molecular weight is 344 g/mol. The van der Waals surface area contributed by atoms with Gasteiger partial charge in [0.2, 0.25) is 5.91 Å². The number of aryl methyl sites for hydroxylation is 1. The molecule has 0 aliphatic heterocycles. The molecule has 0 unspecified atom stereocenters. The van der Waals surface area contributed by atoms with Gasteiger partial charge in [-0.25, -0.2) is 8.42 Å². The minimum absolute atomic E-state index is 0.0202. The quantitative estimate of drug-likeness (QED) is 0.764. The standard InChI is InChI=1S/C16H22ClNO3S/c1-12(11-22(2,20)21)18(15-7-8-15)16(19)9-6-13-4-3-5-14(17)10-13/h3-5,10,12,15H,6-9,11H2,1-2H3/t12-/m0/s1. The summed E-state index contributed by atoms with van der Waals surface area (Å²) >= 11 is 5.94. The molecule has 2 rings (SSSR count). The maximum Gasteiger partial charge on any atom is 0.223 e. The van der Waals surface area contributed by atoms with E-state index in [2.05, 4.69) is 0 Å². The molecule has 1 fully saturated rings. The van der Waals surface area contributed by atoms with E-state index in [1.165, 1.54) is 6.26 Å². The van der Waals surface area contributed by atoms with E-state index < -0.39 is 9.84 Å². The van der Waals surface area contributed by atoms with Crippen LogP contribution in [0.2, 0.25) is 5.02 Å². The smallest absolute Gasteiger partial charge is 0.223 e. The maximum atomic E-state index is 12.5. The highest BCUT2D eigenvalue weighted by atomic mass is 35.5. The fourth-order valence-corrected chi connectivity index (χ4v) is 4.00. The van der Waals surface area contributed by atoms with E-state index >= 15 is 0 Å². The zero-order valence-electron chi connectivity index (χ0n) is 13.0. The van der Waals surface area contributed by atoms with Crippen LogP contribution < -0.4 is 0 Å². The number of halogens is 1. The van der Waals surface area contributed by atoms with Crippen LogP contribution in [0.25, 0.3) is 0 Å². The van der Waals surface area contributed by atoms with Gasteiger partial charge in [-0.1, -0.05) is 23.7 Å². The number of rotatable bonds is 7. The topological polar surface area (TPSA) is 54.5 Å². The van der Waals surface area contributed by atoms with Crippen molar-refractivity contribution >= 4 is 27.3 Å². The highest BCUT2D eigenvalue weighted by Gasteiger charge is 2.36. The number of amides is 1. The number of carbonyl (C=O) groups excluding carboxylic acids is 1. The highest BCUT2D eigenvalue weighted by Crippen LogP contribution is 2.30. The van der Waals surface area contributed by atoms with Crippen molar-refractivity contribution in [1.82, 2.24) is 4.90 Å². The van der Waals surface area contributed by atoms with Crippen molar-refractivity contribution in [3.05, 3.63) is 34.9 Å². The van der Waals surface area contributed by atoms with E-state index in [4.69, 9.17) is 11.6 Å². The van der Waals surface area contributed by atoms with Gasteiger partial charge in [0.25, 0.3) is 0 Å². The molecule has 0 saturated heterocycles. The number of carbonyl (C=O) groups is 1. The number of sulfone groups is 1. The Morgan fingerprint density at radius 1 is 1.41 bits per heavy atom. The van der Waals surface area contributed by atoms with E-state index in [9.17, 15) is 13.2 Å². The highest BCUT2D eigenvalue weighted by molar-refractivity contribution is 7.90. The van der Waals surface area contributed by atoms with Gasteiger partial charge in [0.15, 0.2) is 0 Å². The van der Waals surface area contributed by atoms with Gasteiger partial charge in [-0.3, -0.25) is 4.79 Å². The first kappa shape index (κ1) is 17.3. The summed E-state index contributed by atoms with van der Waals surface area (Å²) in [5, 5.41) is 0.662. The minimum Gasteiger partial charge on any atom is -0.336 e. The van der Waals surface area contributed by atoms with Gasteiger partial charge < -0.3 is 4.90 Å². The molecule has 0 spiro atoms. The third-order valence-electron chi connectivity index (χ3n) is 3.76. The van der Waals surface area contributed by atoms with E-state index in [0.29, 0.717) is 17.9 Å². The van der Waals surface area contributed by atoms with Crippen LogP contribution in [0.5, 0.6) is 0 Å². The van der Waals surface area contributed by atoms with Crippen LogP contribution >= 0.6 is 11.6 Å². The van der Waals surface area contributed by atoms with E-state index in [1.807, 2.05) is 25.1 Å². The van der Waals surface area contributed by atoms with Gasteiger partial charge in [0.05, 0.1) is 5.75 Å². The first-order valence-corrected chi connectivity index (χ1v) is 9.93. The molecule has 22 heavy (non-hydrogen) atoms. The Balaban J connectivity index is 1.98. The second-order valence-electron chi connectivity index (χ2n) is 6.10. The lowest BCUT2D eigenvalue weighted by molar-refractivity contribution is -0.133. The van der Waals surface area contributed by atoms with Crippen molar-refractivity contribution in [2.75, 3.05) is 12.0 Å². The predicted octanol–water partition coefficient (Wildman–Crippen LogP) is 2.70. The van der Waals surface area contributed by atoms with Crippen LogP contribution in [0.3, 0.4) is 0 Å². The van der Waals surface area contributed by atoms with Gasteiger partial charge >= 0.3 is 0 Å². The molecule has 0 bridgehead atoms. The van der Waals surface area contributed by atoms with E-state index in [-0.39, 0.29) is 23.7 Å². The number of hydrogen-bond donors (Lipinski definition) is 0. The van der Waals surface area contributed by atoms with Gasteiger partial charge in [-0.05, 0) is 43.9 Å². The number of benzene rings is 1. The molecule has 1 aromatic rings. The van der Waals surface area contributed by atoms with Crippen LogP contribution in [-0.2, 0) is 21.1 Å². The molecule has 1 aliphatic rings. The molecule has 1 amide bonds. The van der Waals surface area contributed by atoms with Crippen molar-refractivity contribution in [2.45, 2.75) is 44.7 Å². The van der Waals surface area contributed by atoms with Gasteiger partial charge in [0.1, 0.15) is 9.84 Å². The maximum absolute atomic E-state index is 12.5. The zero-order valence-corrected chi connectivity index (χ0v) is 14.5. The Bertz CT molecular complexity index is 641. The molecule has 1 saturated carbocycles. The molecule has 0 aromatic heterocycles. The summed E-state index contributed by atoms with van der Waals surface area (Å²) in [5.41, 5.74) is 1.02. The normalized spacial score (nSPS) is 16.3. The van der Waals surface area contributed by atoms with Crippen LogP contribution in [-0.4, -0.2) is 43.3 Å². The van der Waals surface area contributed by atoms with Crippen molar-refractivity contribution in [2.24, 2.45) is 0 Å². The van der Waals surface area contributed by atoms with Crippen molar-refractivity contribution in [1.29, 1.82) is 0 Å². The molecule has 0 N–H and O–H groups in total. The molecule has 0 heterocycles. The van der Waals surface area contributed by atoms with Gasteiger partial charge in [-0.15, -0.1) is 0 Å². The Morgan fingerprint density at radius 2 is 2.09 bits per heavy atom. The third kappa shape index (κ3) is 5.29. The SMILES string of the molecule is C[C@@H](CS(C)(=O)=O)N(C(=O)CCc1cccc(Cl)c1)C1CC1. The zero-order chi connectivity index (χ0) is 16.3. The lowest BCUT2D eigenvalue weighted by atomic mass is 10.1. The van der Waals surface area contributed by atoms with Gasteiger partial charge in [0, 0.05) is 29.8 Å². The summed E-state index contributed by atoms with van der Waals surface area (Å²) in [7, 11) is -3.09. The molecule has 4 nitrogen and oxygen atoms in total. The second kappa shape index (κ2) is 7.01. The molecule has 122 valence electrons. The summed E-state index contributed by atoms with van der Waals surface area (Å²) in [6, 6.07) is 7.42. The lowest BCUT2D eigenvalue weighted by Gasteiger charge is -2.29. The fraction of sp³-hybridized carbons (Fsp3) is 0.562. The lowest BCUT2D eigenvalue weighted by Crippen LogP contribution is -2.43. The van der Waals surface area contributed by atoms with Crippen molar-refractivity contribution in [3.8, 4) is 0 Å². The van der Waals surface area contributed by atoms with Crippen LogP contribution in [0, 0.1) is 0 Å². The molecule has 0 radical (unpaired) electrons. The van der Waals surface area contributed by atoms with E-state index in [0.717, 1.165) is 18.4 Å². The fourth-order valence-electron chi connectivity index (χ4n) is 2.75. The summed E-state index contributed by atoms with van der Waals surface area (Å²) in [6.45, 7) is 1.82. The summed E-state index contributed by atoms with van der Waals surface area (Å²) in [4.78, 5) is 14.3. The first-order valence-electron chi connectivity index (χ1n) is 7.49. The average Bonchev–Trinajstić information content (AvgIpc) is 3.19. The number of hydrogen-bond acceptors (Lipinski definition) is 3. The molecule has 6 heteroatoms. The Morgan fingerprint density at radius 3 is 2.64 bits per heavy atom. The molecule has 1 aromatic carbocycles. The monoisotopic (exact) mass is 343 g/mol. The summed E-state index contributed by atoms with van der Waals surface area (Å²) in [6.07, 6.45) is 4.15. The van der Waals surface area contributed by atoms with Crippen molar-refractivity contribution in [3.63, 3.8) is 0 Å². The molecule has 1 atom stereocenters. The Hall–Kier alpha value is -1.07. The Kier molecular flexibility index (Phi) is 5.50. The minimum atomic E-state index is -3.09.